The Morgan fingerprint density at radius 3 is 1.95 bits per heavy atom. The summed E-state index contributed by atoms with van der Waals surface area (Å²) in [5.74, 6) is 1.98. The summed E-state index contributed by atoms with van der Waals surface area (Å²) in [5, 5.41) is 2.30. The number of benzene rings is 3. The van der Waals surface area contributed by atoms with Crippen LogP contribution in [0, 0.1) is 0 Å². The average molecular weight is 636 g/mol. The predicted molar refractivity (Wildman–Crippen MR) is 171 cm³/mol. The Balaban J connectivity index is 0.00000484. The highest BCUT2D eigenvalue weighted by Crippen LogP contribution is 2.37. The number of hydrogen-bond donors (Lipinski definition) is 0. The van der Waals surface area contributed by atoms with Crippen molar-refractivity contribution in [3.8, 4) is 11.5 Å². The minimum atomic E-state index is 0. The van der Waals surface area contributed by atoms with Gasteiger partial charge in [0.25, 0.3) is 0 Å². The topological polar surface area (TPSA) is 27.3 Å². The highest BCUT2D eigenvalue weighted by Gasteiger charge is 2.17. The van der Waals surface area contributed by atoms with E-state index >= 15 is 0 Å². The molecule has 0 aliphatic carbocycles. The van der Waals surface area contributed by atoms with Gasteiger partial charge in [-0.25, -0.2) is 9.13 Å². The molecule has 5 heteroatoms. The molecule has 0 fully saturated rings. The molecule has 4 aromatic rings. The molecule has 0 unspecified atom stereocenters. The van der Waals surface area contributed by atoms with Crippen molar-refractivity contribution in [1.82, 2.24) is 4.57 Å². The molecule has 0 radical (unpaired) electrons. The Kier molecular flexibility index (Phi) is 15.6. The van der Waals surface area contributed by atoms with E-state index in [0.29, 0.717) is 0 Å². The monoisotopic (exact) mass is 634 g/mol. The van der Waals surface area contributed by atoms with Crippen LogP contribution in [0.2, 0.25) is 0 Å². The Labute approximate surface area is 264 Å². The fraction of sp³-hybridized carbons (Fsp3) is 0.486. The number of nitrogens with zero attached hydrogens (tertiary/aromatic N) is 2. The van der Waals surface area contributed by atoms with Crippen LogP contribution in [-0.2, 0) is 13.1 Å². The van der Waals surface area contributed by atoms with E-state index in [9.17, 15) is 0 Å². The van der Waals surface area contributed by atoms with Crippen LogP contribution in [0.15, 0.2) is 79.4 Å². The number of unbranched alkanes of at least 4 members (excludes halogenated alkanes) is 10. The van der Waals surface area contributed by atoms with E-state index in [0.717, 1.165) is 61.4 Å². The number of ether oxygens (including phenoxy) is 2. The fourth-order valence-electron chi connectivity index (χ4n) is 5.52. The van der Waals surface area contributed by atoms with E-state index in [1.807, 2.05) is 0 Å². The highest BCUT2D eigenvalue weighted by molar-refractivity contribution is 5.94. The molecule has 3 aromatic carbocycles. The normalized spacial score (nSPS) is 11.0. The van der Waals surface area contributed by atoms with Gasteiger partial charge in [-0.2, -0.15) is 0 Å². The van der Waals surface area contributed by atoms with E-state index in [1.165, 1.54) is 75.3 Å². The maximum absolute atomic E-state index is 6.59. The van der Waals surface area contributed by atoms with Crippen molar-refractivity contribution in [2.45, 2.75) is 104 Å². The summed E-state index contributed by atoms with van der Waals surface area (Å²) in [6.45, 7) is 7.65. The minimum Gasteiger partial charge on any atom is -1.00 e. The molecule has 4 nitrogen and oxygen atoms in total. The summed E-state index contributed by atoms with van der Waals surface area (Å²) in [5.41, 5.74) is 2.48. The first-order valence-corrected chi connectivity index (χ1v) is 16.2. The van der Waals surface area contributed by atoms with Crippen LogP contribution in [0.1, 0.15) is 102 Å². The Morgan fingerprint density at radius 2 is 1.26 bits per heavy atom. The van der Waals surface area contributed by atoms with Crippen molar-refractivity contribution in [1.29, 1.82) is 0 Å². The molecule has 0 atom stereocenters. The first-order chi connectivity index (χ1) is 20.3. The van der Waals surface area contributed by atoms with Crippen LogP contribution in [0.3, 0.4) is 0 Å². The highest BCUT2D eigenvalue weighted by atomic mass is 79.9. The van der Waals surface area contributed by atoms with Gasteiger partial charge in [-0.15, -0.1) is 0 Å². The zero-order valence-corrected chi connectivity index (χ0v) is 27.5. The summed E-state index contributed by atoms with van der Waals surface area (Å²) in [4.78, 5) is 0. The zero-order chi connectivity index (χ0) is 28.5. The molecule has 1 aromatic heterocycles. The number of hydrogen-bond acceptors (Lipinski definition) is 2. The molecule has 0 N–H and O–H groups in total. The van der Waals surface area contributed by atoms with E-state index in [2.05, 4.69) is 102 Å². The standard InChI is InChI=1S/C37H51N2O2.BrH/c1-3-5-7-9-11-18-26-40-36-28-33(30-39-25-24-38(31-39)29-32-20-14-13-15-21-32)37(35-23-17-16-22-34(35)36)41-27-19-12-10-8-6-4-2;/h13-17,20-25,28,31H,3-12,18-19,26-27,29-30H2,1-2H3;1H/q+1;/p-1. The minimum absolute atomic E-state index is 0. The molecule has 228 valence electrons. The molecule has 0 saturated carbocycles. The fourth-order valence-corrected chi connectivity index (χ4v) is 5.52. The van der Waals surface area contributed by atoms with Crippen LogP contribution in [-0.4, -0.2) is 17.8 Å². The van der Waals surface area contributed by atoms with Crippen LogP contribution >= 0.6 is 0 Å². The molecule has 4 rings (SSSR count). The zero-order valence-electron chi connectivity index (χ0n) is 25.9. The van der Waals surface area contributed by atoms with Crippen molar-refractivity contribution < 1.29 is 31.0 Å². The first-order valence-electron chi connectivity index (χ1n) is 16.2. The van der Waals surface area contributed by atoms with Gasteiger partial charge in [0.05, 0.1) is 13.2 Å². The van der Waals surface area contributed by atoms with Crippen molar-refractivity contribution >= 4 is 10.8 Å². The van der Waals surface area contributed by atoms with E-state index in [-0.39, 0.29) is 17.0 Å². The molecule has 42 heavy (non-hydrogen) atoms. The van der Waals surface area contributed by atoms with Gasteiger partial charge in [0.15, 0.2) is 0 Å². The van der Waals surface area contributed by atoms with Crippen molar-refractivity contribution in [3.63, 3.8) is 0 Å². The molecule has 0 amide bonds. The van der Waals surface area contributed by atoms with Crippen molar-refractivity contribution in [2.24, 2.45) is 0 Å². The Hall–Kier alpha value is -2.79. The number of rotatable bonds is 20. The summed E-state index contributed by atoms with van der Waals surface area (Å²) in [7, 11) is 0. The molecule has 0 aliphatic rings. The number of fused-ring (bicyclic) bond motifs is 1. The smallest absolute Gasteiger partial charge is 0.244 e. The third-order valence-corrected chi connectivity index (χ3v) is 7.84. The largest absolute Gasteiger partial charge is 1.00 e. The van der Waals surface area contributed by atoms with Crippen LogP contribution in [0.4, 0.5) is 0 Å². The molecular weight excluding hydrogens is 584 g/mol. The Bertz CT molecular complexity index is 1290. The van der Waals surface area contributed by atoms with Crippen LogP contribution < -0.4 is 31.0 Å². The molecule has 0 bridgehead atoms. The lowest BCUT2D eigenvalue weighted by molar-refractivity contribution is -0.687. The van der Waals surface area contributed by atoms with Gasteiger partial charge in [-0.3, -0.25) is 0 Å². The van der Waals surface area contributed by atoms with Gasteiger partial charge >= 0.3 is 0 Å². The van der Waals surface area contributed by atoms with Gasteiger partial charge in [-0.05, 0) is 24.5 Å². The average Bonchev–Trinajstić information content (AvgIpc) is 3.44. The summed E-state index contributed by atoms with van der Waals surface area (Å²) < 4.78 is 17.5. The first kappa shape index (κ1) is 33.7. The van der Waals surface area contributed by atoms with Gasteiger partial charge < -0.3 is 26.5 Å². The summed E-state index contributed by atoms with van der Waals surface area (Å²) in [6.07, 6.45) is 21.6. The lowest BCUT2D eigenvalue weighted by Crippen LogP contribution is -3.00. The molecule has 1 heterocycles. The molecule has 0 saturated heterocycles. The van der Waals surface area contributed by atoms with Crippen LogP contribution in [0.25, 0.3) is 10.8 Å². The summed E-state index contributed by atoms with van der Waals surface area (Å²) in [6, 6.07) is 21.4. The van der Waals surface area contributed by atoms with Crippen molar-refractivity contribution in [3.05, 3.63) is 90.5 Å². The maximum Gasteiger partial charge on any atom is 0.244 e. The third-order valence-electron chi connectivity index (χ3n) is 7.84. The lowest BCUT2D eigenvalue weighted by atomic mass is 10.0. The molecular formula is C37H51BrN2O2. The number of imidazole rings is 1. The van der Waals surface area contributed by atoms with E-state index in [1.54, 1.807) is 0 Å². The second kappa shape index (κ2) is 19.4. The van der Waals surface area contributed by atoms with Gasteiger partial charge in [0.2, 0.25) is 6.33 Å². The van der Waals surface area contributed by atoms with Crippen LogP contribution in [0.5, 0.6) is 11.5 Å². The molecule has 0 spiro atoms. The SMILES string of the molecule is CCCCCCCCOc1cc(Cn2cc[n+](Cc3ccccc3)c2)c(OCCCCCCCC)c2ccccc12.[Br-]. The maximum atomic E-state index is 6.59. The second-order valence-corrected chi connectivity index (χ2v) is 11.4. The second-order valence-electron chi connectivity index (χ2n) is 11.4. The van der Waals surface area contributed by atoms with E-state index in [4.69, 9.17) is 9.47 Å². The Morgan fingerprint density at radius 1 is 0.667 bits per heavy atom. The van der Waals surface area contributed by atoms with Crippen molar-refractivity contribution in [2.75, 3.05) is 13.2 Å². The quantitative estimate of drug-likeness (QED) is 0.0819. The lowest BCUT2D eigenvalue weighted by Gasteiger charge is -2.17. The van der Waals surface area contributed by atoms with Gasteiger partial charge in [-0.1, -0.05) is 133 Å². The predicted octanol–water partition coefficient (Wildman–Crippen LogP) is 6.51. The van der Waals surface area contributed by atoms with Gasteiger partial charge in [0.1, 0.15) is 37.0 Å². The number of aromatic nitrogens is 2. The molecule has 0 aliphatic heterocycles. The van der Waals surface area contributed by atoms with E-state index < -0.39 is 0 Å². The summed E-state index contributed by atoms with van der Waals surface area (Å²) >= 11 is 0. The third kappa shape index (κ3) is 10.8. The van der Waals surface area contributed by atoms with Gasteiger partial charge in [0, 0.05) is 16.3 Å². The number of halogens is 1.